The lowest BCUT2D eigenvalue weighted by molar-refractivity contribution is -0.138. The molecule has 0 bridgehead atoms. The van der Waals surface area contributed by atoms with Gasteiger partial charge in [0, 0.05) is 5.69 Å². The van der Waals surface area contributed by atoms with Gasteiger partial charge in [-0.1, -0.05) is 0 Å². The zero-order valence-corrected chi connectivity index (χ0v) is 8.24. The van der Waals surface area contributed by atoms with Crippen molar-refractivity contribution in [1.29, 1.82) is 5.26 Å². The lowest BCUT2D eigenvalue weighted by atomic mass is 9.96. The van der Waals surface area contributed by atoms with Gasteiger partial charge in [0.15, 0.2) is 0 Å². The van der Waals surface area contributed by atoms with Crippen molar-refractivity contribution in [3.63, 3.8) is 0 Å². The van der Waals surface area contributed by atoms with Crippen LogP contribution in [0.2, 0.25) is 0 Å². The third-order valence-electron chi connectivity index (χ3n) is 2.20. The minimum Gasteiger partial charge on any atom is -0.398 e. The van der Waals surface area contributed by atoms with Crippen molar-refractivity contribution in [2.24, 2.45) is 0 Å². The summed E-state index contributed by atoms with van der Waals surface area (Å²) >= 11 is 0. The first-order valence-electron chi connectivity index (χ1n) is 4.16. The molecule has 80 valence electrons. The number of nitrogens with two attached hydrogens (primary N) is 1. The molecule has 0 heterocycles. The van der Waals surface area contributed by atoms with Gasteiger partial charge >= 0.3 is 6.18 Å². The van der Waals surface area contributed by atoms with Crippen LogP contribution in [0.3, 0.4) is 0 Å². The van der Waals surface area contributed by atoms with Gasteiger partial charge in [0.25, 0.3) is 0 Å². The fourth-order valence-electron chi connectivity index (χ4n) is 1.60. The summed E-state index contributed by atoms with van der Waals surface area (Å²) in [6.07, 6.45) is -4.45. The Morgan fingerprint density at radius 3 is 2.27 bits per heavy atom. The Morgan fingerprint density at radius 1 is 1.33 bits per heavy atom. The summed E-state index contributed by atoms with van der Waals surface area (Å²) in [6, 6.07) is 2.85. The molecule has 0 aliphatic rings. The molecular formula is C10H9F3N2. The number of nitriles is 1. The molecule has 0 saturated heterocycles. The van der Waals surface area contributed by atoms with Gasteiger partial charge in [0.05, 0.1) is 11.1 Å². The van der Waals surface area contributed by atoms with E-state index < -0.39 is 11.7 Å². The highest BCUT2D eigenvalue weighted by molar-refractivity contribution is 5.62. The Labute approximate surface area is 85.1 Å². The van der Waals surface area contributed by atoms with E-state index >= 15 is 0 Å². The maximum absolute atomic E-state index is 12.6. The van der Waals surface area contributed by atoms with Crippen molar-refractivity contribution in [3.8, 4) is 6.07 Å². The minimum absolute atomic E-state index is 0.0384. The number of rotatable bonds is 0. The quantitative estimate of drug-likeness (QED) is 0.675. The molecule has 0 aliphatic heterocycles. The third-order valence-corrected chi connectivity index (χ3v) is 2.20. The molecule has 2 N–H and O–H groups in total. The Balaban J connectivity index is 3.63. The van der Waals surface area contributed by atoms with Gasteiger partial charge in [-0.3, -0.25) is 0 Å². The molecule has 0 unspecified atom stereocenters. The van der Waals surface area contributed by atoms with E-state index in [9.17, 15) is 13.2 Å². The number of benzene rings is 1. The van der Waals surface area contributed by atoms with Crippen molar-refractivity contribution in [3.05, 3.63) is 28.3 Å². The van der Waals surface area contributed by atoms with E-state index in [1.54, 1.807) is 6.07 Å². The van der Waals surface area contributed by atoms with Crippen LogP contribution in [0.5, 0.6) is 0 Å². The van der Waals surface area contributed by atoms with Gasteiger partial charge in [0.1, 0.15) is 6.07 Å². The highest BCUT2D eigenvalue weighted by Gasteiger charge is 2.35. The maximum atomic E-state index is 12.6. The summed E-state index contributed by atoms with van der Waals surface area (Å²) in [5.41, 5.74) is 4.59. The van der Waals surface area contributed by atoms with Crippen LogP contribution in [0.4, 0.5) is 18.9 Å². The molecule has 0 spiro atoms. The SMILES string of the molecule is Cc1cc(N)c(C#N)c(C)c1C(F)(F)F. The predicted octanol–water partition coefficient (Wildman–Crippen LogP) is 2.78. The Hall–Kier alpha value is -1.70. The molecule has 0 amide bonds. The molecule has 0 atom stereocenters. The van der Waals surface area contributed by atoms with Crippen molar-refractivity contribution < 1.29 is 13.2 Å². The minimum atomic E-state index is -4.45. The van der Waals surface area contributed by atoms with Crippen LogP contribution in [-0.2, 0) is 6.18 Å². The Bertz CT molecular complexity index is 441. The number of hydrogen-bond donors (Lipinski definition) is 1. The molecule has 2 nitrogen and oxygen atoms in total. The summed E-state index contributed by atoms with van der Waals surface area (Å²) in [5, 5.41) is 8.68. The molecule has 1 aromatic rings. The fourth-order valence-corrected chi connectivity index (χ4v) is 1.60. The number of nitrogen functional groups attached to an aromatic ring is 1. The summed E-state index contributed by atoms with van der Waals surface area (Å²) in [4.78, 5) is 0. The Kier molecular flexibility index (Phi) is 2.63. The van der Waals surface area contributed by atoms with Crippen LogP contribution in [-0.4, -0.2) is 0 Å². The first kappa shape index (κ1) is 11.4. The van der Waals surface area contributed by atoms with Gasteiger partial charge in [-0.25, -0.2) is 0 Å². The van der Waals surface area contributed by atoms with Crippen molar-refractivity contribution in [1.82, 2.24) is 0 Å². The highest BCUT2D eigenvalue weighted by Crippen LogP contribution is 2.37. The number of anilines is 1. The zero-order valence-electron chi connectivity index (χ0n) is 8.24. The molecule has 1 rings (SSSR count). The summed E-state index contributed by atoms with van der Waals surface area (Å²) in [5.74, 6) is 0. The smallest absolute Gasteiger partial charge is 0.398 e. The summed E-state index contributed by atoms with van der Waals surface area (Å²) in [6.45, 7) is 2.58. The van der Waals surface area contributed by atoms with Gasteiger partial charge in [-0.05, 0) is 31.0 Å². The molecule has 0 aromatic heterocycles. The van der Waals surface area contributed by atoms with Crippen LogP contribution in [0, 0.1) is 25.2 Å². The van der Waals surface area contributed by atoms with Crippen LogP contribution < -0.4 is 5.73 Å². The molecule has 1 aromatic carbocycles. The van der Waals surface area contributed by atoms with Gasteiger partial charge in [0.2, 0.25) is 0 Å². The normalized spacial score (nSPS) is 11.2. The first-order valence-corrected chi connectivity index (χ1v) is 4.16. The van der Waals surface area contributed by atoms with Crippen molar-refractivity contribution >= 4 is 5.69 Å². The maximum Gasteiger partial charge on any atom is 0.416 e. The van der Waals surface area contributed by atoms with Crippen molar-refractivity contribution in [2.45, 2.75) is 20.0 Å². The second kappa shape index (κ2) is 3.46. The second-order valence-corrected chi connectivity index (χ2v) is 3.27. The fraction of sp³-hybridized carbons (Fsp3) is 0.300. The van der Waals surface area contributed by atoms with E-state index in [0.29, 0.717) is 0 Å². The predicted molar refractivity (Wildman–Crippen MR) is 50.0 cm³/mol. The second-order valence-electron chi connectivity index (χ2n) is 3.27. The molecule has 5 heteroatoms. The lowest BCUT2D eigenvalue weighted by Gasteiger charge is -2.15. The summed E-state index contributed by atoms with van der Waals surface area (Å²) in [7, 11) is 0. The van der Waals surface area contributed by atoms with Crippen LogP contribution in [0.15, 0.2) is 6.07 Å². The lowest BCUT2D eigenvalue weighted by Crippen LogP contribution is -2.12. The average molecular weight is 214 g/mol. The number of halogens is 3. The van der Waals surface area contributed by atoms with E-state index in [4.69, 9.17) is 11.0 Å². The Morgan fingerprint density at radius 2 is 1.87 bits per heavy atom. The number of hydrogen-bond acceptors (Lipinski definition) is 2. The number of alkyl halides is 3. The van der Waals surface area contributed by atoms with Gasteiger partial charge in [-0.2, -0.15) is 18.4 Å². The van der Waals surface area contributed by atoms with E-state index in [0.717, 1.165) is 0 Å². The van der Waals surface area contributed by atoms with Crippen LogP contribution in [0.1, 0.15) is 22.3 Å². The van der Waals surface area contributed by atoms with E-state index in [1.807, 2.05) is 0 Å². The van der Waals surface area contributed by atoms with Crippen LogP contribution >= 0.6 is 0 Å². The van der Waals surface area contributed by atoms with E-state index in [-0.39, 0.29) is 22.4 Å². The molecular weight excluding hydrogens is 205 g/mol. The van der Waals surface area contributed by atoms with E-state index in [1.165, 1.54) is 19.9 Å². The molecule has 0 fully saturated rings. The standard InChI is InChI=1S/C10H9F3N2/c1-5-3-8(15)7(4-14)6(2)9(5)10(11,12)13/h3H,15H2,1-2H3. The largest absolute Gasteiger partial charge is 0.416 e. The number of nitrogens with zero attached hydrogens (tertiary/aromatic N) is 1. The third kappa shape index (κ3) is 1.89. The molecule has 0 radical (unpaired) electrons. The van der Waals surface area contributed by atoms with Crippen LogP contribution in [0.25, 0.3) is 0 Å². The number of aryl methyl sites for hydroxylation is 1. The zero-order chi connectivity index (χ0) is 11.8. The first-order chi connectivity index (χ1) is 6.79. The van der Waals surface area contributed by atoms with Crippen molar-refractivity contribution in [2.75, 3.05) is 5.73 Å². The highest BCUT2D eigenvalue weighted by atomic mass is 19.4. The van der Waals surface area contributed by atoms with Gasteiger partial charge < -0.3 is 5.73 Å². The topological polar surface area (TPSA) is 49.8 Å². The molecule has 0 saturated carbocycles. The summed E-state index contributed by atoms with van der Waals surface area (Å²) < 4.78 is 37.8. The monoisotopic (exact) mass is 214 g/mol. The average Bonchev–Trinajstić information content (AvgIpc) is 2.00. The molecule has 0 aliphatic carbocycles. The molecule has 15 heavy (non-hydrogen) atoms. The van der Waals surface area contributed by atoms with Gasteiger partial charge in [-0.15, -0.1) is 0 Å². The van der Waals surface area contributed by atoms with E-state index in [2.05, 4.69) is 0 Å².